The van der Waals surface area contributed by atoms with E-state index in [-0.39, 0.29) is 17.3 Å². The van der Waals surface area contributed by atoms with Crippen molar-refractivity contribution >= 4 is 33.2 Å². The molecule has 1 aliphatic rings. The number of aryl methyl sites for hydroxylation is 1. The van der Waals surface area contributed by atoms with Gasteiger partial charge in [0.2, 0.25) is 15.9 Å². The number of halogens is 1. The topological polar surface area (TPSA) is 93.5 Å². The smallest absolute Gasteiger partial charge is 0.246 e. The molecule has 140 valence electrons. The average Bonchev–Trinajstić information content (AvgIpc) is 2.93. The lowest BCUT2D eigenvalue weighted by atomic mass is 10.3. The monoisotopic (exact) mass is 398 g/mol. The van der Waals surface area contributed by atoms with E-state index < -0.39 is 10.0 Å². The Morgan fingerprint density at radius 1 is 1.27 bits per heavy atom. The highest BCUT2D eigenvalue weighted by atomic mass is 35.5. The third kappa shape index (κ3) is 4.24. The molecule has 0 atom stereocenters. The minimum atomic E-state index is -3.55. The number of nitrogens with one attached hydrogen (secondary N) is 1. The van der Waals surface area contributed by atoms with Crippen molar-refractivity contribution in [2.45, 2.75) is 18.4 Å². The lowest BCUT2D eigenvalue weighted by molar-refractivity contribution is -0.116. The van der Waals surface area contributed by atoms with E-state index in [9.17, 15) is 13.2 Å². The number of ether oxygens (including phenoxy) is 1. The maximum atomic E-state index is 12.6. The van der Waals surface area contributed by atoms with Crippen LogP contribution in [0, 0.1) is 6.92 Å². The molecule has 0 spiro atoms. The van der Waals surface area contributed by atoms with Crippen LogP contribution >= 0.6 is 11.6 Å². The van der Waals surface area contributed by atoms with Gasteiger partial charge in [0, 0.05) is 25.0 Å². The predicted octanol–water partition coefficient (Wildman–Crippen LogP) is 1.50. The first-order valence-corrected chi connectivity index (χ1v) is 9.85. The molecule has 0 radical (unpaired) electrons. The Morgan fingerprint density at radius 3 is 2.50 bits per heavy atom. The van der Waals surface area contributed by atoms with E-state index in [2.05, 4.69) is 10.4 Å². The fraction of sp³-hybridized carbons (Fsp3) is 0.375. The summed E-state index contributed by atoms with van der Waals surface area (Å²) >= 11 is 5.91. The quantitative estimate of drug-likeness (QED) is 0.823. The Morgan fingerprint density at radius 2 is 1.92 bits per heavy atom. The van der Waals surface area contributed by atoms with Gasteiger partial charge in [0.1, 0.15) is 6.54 Å². The summed E-state index contributed by atoms with van der Waals surface area (Å²) < 4.78 is 33.1. The zero-order chi connectivity index (χ0) is 18.7. The van der Waals surface area contributed by atoms with Gasteiger partial charge in [0.05, 0.1) is 28.8 Å². The molecule has 2 heterocycles. The van der Waals surface area contributed by atoms with Gasteiger partial charge in [-0.05, 0) is 31.2 Å². The van der Waals surface area contributed by atoms with Crippen LogP contribution in [0.3, 0.4) is 0 Å². The van der Waals surface area contributed by atoms with Gasteiger partial charge < -0.3 is 10.1 Å². The van der Waals surface area contributed by atoms with Crippen molar-refractivity contribution in [3.63, 3.8) is 0 Å². The zero-order valence-corrected chi connectivity index (χ0v) is 15.8. The molecule has 0 bridgehead atoms. The highest BCUT2D eigenvalue weighted by molar-refractivity contribution is 7.89. The van der Waals surface area contributed by atoms with E-state index >= 15 is 0 Å². The number of hydrogen-bond donors (Lipinski definition) is 1. The first kappa shape index (κ1) is 18.8. The number of aromatic nitrogens is 2. The molecule has 0 saturated carbocycles. The Kier molecular flexibility index (Phi) is 5.61. The number of carbonyl (C=O) groups excluding carboxylic acids is 1. The van der Waals surface area contributed by atoms with Gasteiger partial charge in [-0.3, -0.25) is 9.48 Å². The maximum Gasteiger partial charge on any atom is 0.246 e. The van der Waals surface area contributed by atoms with Crippen LogP contribution in [-0.4, -0.2) is 54.7 Å². The van der Waals surface area contributed by atoms with Gasteiger partial charge in [-0.1, -0.05) is 11.6 Å². The molecule has 10 heteroatoms. The van der Waals surface area contributed by atoms with Crippen LogP contribution in [0.15, 0.2) is 35.4 Å². The van der Waals surface area contributed by atoms with Crippen molar-refractivity contribution < 1.29 is 17.9 Å². The summed E-state index contributed by atoms with van der Waals surface area (Å²) in [4.78, 5) is 12.3. The van der Waals surface area contributed by atoms with E-state index in [4.69, 9.17) is 16.3 Å². The Hall–Kier alpha value is -1.94. The molecule has 1 saturated heterocycles. The average molecular weight is 399 g/mol. The summed E-state index contributed by atoms with van der Waals surface area (Å²) in [5, 5.41) is 7.32. The molecule has 1 aromatic carbocycles. The lowest BCUT2D eigenvalue weighted by Crippen LogP contribution is -2.40. The molecule has 1 N–H and O–H groups in total. The third-order valence-electron chi connectivity index (χ3n) is 3.94. The summed E-state index contributed by atoms with van der Waals surface area (Å²) in [6.45, 7) is 3.24. The van der Waals surface area contributed by atoms with Gasteiger partial charge in [-0.2, -0.15) is 9.40 Å². The van der Waals surface area contributed by atoms with E-state index in [0.717, 1.165) is 0 Å². The van der Waals surface area contributed by atoms with Crippen molar-refractivity contribution in [1.82, 2.24) is 14.1 Å². The standard InChI is InChI=1S/C16H19ClN4O4S/c1-12-15(17)10-20(19-12)11-16(22)18-13-2-4-14(5-3-13)26(23,24)21-6-8-25-9-7-21/h2-5,10H,6-9,11H2,1H3,(H,18,22). The van der Waals surface area contributed by atoms with Crippen molar-refractivity contribution in [1.29, 1.82) is 0 Å². The van der Waals surface area contributed by atoms with Gasteiger partial charge in [0.25, 0.3) is 0 Å². The maximum absolute atomic E-state index is 12.6. The largest absolute Gasteiger partial charge is 0.379 e. The van der Waals surface area contributed by atoms with Crippen LogP contribution in [0.2, 0.25) is 5.02 Å². The molecule has 1 amide bonds. The molecule has 26 heavy (non-hydrogen) atoms. The van der Waals surface area contributed by atoms with Gasteiger partial charge in [0.15, 0.2) is 0 Å². The molecule has 0 aliphatic carbocycles. The van der Waals surface area contributed by atoms with E-state index in [1.807, 2.05) is 0 Å². The number of morpholine rings is 1. The van der Waals surface area contributed by atoms with Crippen molar-refractivity contribution in [3.05, 3.63) is 41.2 Å². The highest BCUT2D eigenvalue weighted by Gasteiger charge is 2.26. The molecule has 3 rings (SSSR count). The van der Waals surface area contributed by atoms with Crippen LogP contribution < -0.4 is 5.32 Å². The minimum Gasteiger partial charge on any atom is -0.379 e. The second-order valence-electron chi connectivity index (χ2n) is 5.85. The van der Waals surface area contributed by atoms with Crippen LogP contribution in [0.5, 0.6) is 0 Å². The Bertz CT molecular complexity index is 870. The number of anilines is 1. The minimum absolute atomic E-state index is 0.0153. The molecule has 1 aliphatic heterocycles. The van der Waals surface area contributed by atoms with E-state index in [1.54, 1.807) is 25.3 Å². The van der Waals surface area contributed by atoms with Crippen LogP contribution in [0.25, 0.3) is 0 Å². The number of carbonyl (C=O) groups is 1. The first-order valence-electron chi connectivity index (χ1n) is 8.03. The number of rotatable bonds is 5. The fourth-order valence-electron chi connectivity index (χ4n) is 2.57. The summed E-state index contributed by atoms with van der Waals surface area (Å²) in [6.07, 6.45) is 1.58. The lowest BCUT2D eigenvalue weighted by Gasteiger charge is -2.26. The second kappa shape index (κ2) is 7.75. The second-order valence-corrected chi connectivity index (χ2v) is 8.19. The van der Waals surface area contributed by atoms with E-state index in [0.29, 0.717) is 42.7 Å². The highest BCUT2D eigenvalue weighted by Crippen LogP contribution is 2.19. The summed E-state index contributed by atoms with van der Waals surface area (Å²) in [5.41, 5.74) is 1.16. The molecule has 1 fully saturated rings. The SMILES string of the molecule is Cc1nn(CC(=O)Nc2ccc(S(=O)(=O)N3CCOCC3)cc2)cc1Cl. The zero-order valence-electron chi connectivity index (χ0n) is 14.2. The molecular weight excluding hydrogens is 380 g/mol. The fourth-order valence-corrected chi connectivity index (χ4v) is 4.13. The molecule has 2 aromatic rings. The third-order valence-corrected chi connectivity index (χ3v) is 6.22. The molecule has 1 aromatic heterocycles. The summed E-state index contributed by atoms with van der Waals surface area (Å²) in [6, 6.07) is 6.09. The first-order chi connectivity index (χ1) is 12.4. The number of nitrogens with zero attached hydrogens (tertiary/aromatic N) is 3. The van der Waals surface area contributed by atoms with Gasteiger partial charge in [-0.25, -0.2) is 8.42 Å². The predicted molar refractivity (Wildman–Crippen MR) is 96.6 cm³/mol. The Balaban J connectivity index is 1.64. The Labute approximate surface area is 156 Å². The number of sulfonamides is 1. The summed E-state index contributed by atoms with van der Waals surface area (Å²) in [7, 11) is -3.55. The normalized spacial score (nSPS) is 15.8. The van der Waals surface area contributed by atoms with Crippen molar-refractivity contribution in [2.24, 2.45) is 0 Å². The van der Waals surface area contributed by atoms with Gasteiger partial charge >= 0.3 is 0 Å². The number of amides is 1. The van der Waals surface area contributed by atoms with E-state index in [1.165, 1.54) is 21.1 Å². The number of hydrogen-bond acceptors (Lipinski definition) is 5. The van der Waals surface area contributed by atoms with Gasteiger partial charge in [-0.15, -0.1) is 0 Å². The number of benzene rings is 1. The van der Waals surface area contributed by atoms with Crippen LogP contribution in [-0.2, 0) is 26.1 Å². The molecule has 0 unspecified atom stereocenters. The van der Waals surface area contributed by atoms with Crippen molar-refractivity contribution in [2.75, 3.05) is 31.6 Å². The summed E-state index contributed by atoms with van der Waals surface area (Å²) in [5.74, 6) is -0.284. The van der Waals surface area contributed by atoms with Crippen molar-refractivity contribution in [3.8, 4) is 0 Å². The van der Waals surface area contributed by atoms with Crippen LogP contribution in [0.4, 0.5) is 5.69 Å². The molecule has 8 nitrogen and oxygen atoms in total. The molecular formula is C16H19ClN4O4S. The van der Waals surface area contributed by atoms with Crippen LogP contribution in [0.1, 0.15) is 5.69 Å².